The average molecular weight is 550 g/mol. The molecule has 0 bridgehead atoms. The Bertz CT molecular complexity index is 1710. The number of aromatic nitrogens is 1. The van der Waals surface area contributed by atoms with Gasteiger partial charge < -0.3 is 19.6 Å². The van der Waals surface area contributed by atoms with E-state index in [0.717, 1.165) is 23.5 Å². The van der Waals surface area contributed by atoms with Crippen LogP contribution in [0.5, 0.6) is 5.75 Å². The second kappa shape index (κ2) is 10.1. The molecule has 10 nitrogen and oxygen atoms in total. The number of thiazole rings is 1. The molecule has 39 heavy (non-hydrogen) atoms. The molecule has 198 valence electrons. The van der Waals surface area contributed by atoms with Crippen LogP contribution in [0.2, 0.25) is 0 Å². The van der Waals surface area contributed by atoms with Crippen molar-refractivity contribution in [2.45, 2.75) is 13.0 Å². The molecule has 0 aliphatic carbocycles. The van der Waals surface area contributed by atoms with Crippen molar-refractivity contribution in [2.24, 2.45) is 5.73 Å². The number of nitrogens with zero attached hydrogens (tertiary/aromatic N) is 2. The van der Waals surface area contributed by atoms with Gasteiger partial charge in [-0.1, -0.05) is 36.1 Å². The summed E-state index contributed by atoms with van der Waals surface area (Å²) >= 11 is 0.921. The monoisotopic (exact) mass is 549 g/mol. The molecule has 2 amide bonds. The van der Waals surface area contributed by atoms with Crippen molar-refractivity contribution in [1.29, 1.82) is 0 Å². The molecule has 1 aliphatic heterocycles. The molecule has 2 N–H and O–H groups in total. The molecule has 12 heteroatoms. The highest BCUT2D eigenvalue weighted by atomic mass is 32.1. The minimum absolute atomic E-state index is 0.00599. The standard InChI is InChI=1S/C27H20FN3O7S/c1-3-10-36-26(35)24-13(2)30-27(39-24)31-21(14-4-7-16(8-5-14)37-12-19(29)32)20-22(33)17-11-15(28)6-9-18(17)38-23(20)25(31)34/h3-9,11,21H,1,10,12H2,2H3,(H2,29,32). The van der Waals surface area contributed by atoms with Gasteiger partial charge >= 0.3 is 5.97 Å². The van der Waals surface area contributed by atoms with Crippen LogP contribution in [0, 0.1) is 12.7 Å². The molecule has 4 aromatic rings. The summed E-state index contributed by atoms with van der Waals surface area (Å²) < 4.78 is 30.3. The Labute approximate surface area is 224 Å². The highest BCUT2D eigenvalue weighted by Gasteiger charge is 2.45. The van der Waals surface area contributed by atoms with Crippen LogP contribution in [-0.2, 0) is 9.53 Å². The Morgan fingerprint density at radius 3 is 2.67 bits per heavy atom. The maximum Gasteiger partial charge on any atom is 0.350 e. The number of anilines is 1. The van der Waals surface area contributed by atoms with Crippen molar-refractivity contribution >= 4 is 45.2 Å². The molecule has 2 aromatic carbocycles. The zero-order valence-electron chi connectivity index (χ0n) is 20.4. The first-order valence-electron chi connectivity index (χ1n) is 11.6. The molecule has 0 saturated carbocycles. The molecule has 1 unspecified atom stereocenters. The van der Waals surface area contributed by atoms with Crippen LogP contribution in [0.25, 0.3) is 11.0 Å². The molecule has 1 atom stereocenters. The van der Waals surface area contributed by atoms with Crippen LogP contribution in [0.4, 0.5) is 9.52 Å². The first-order chi connectivity index (χ1) is 18.7. The second-order valence-electron chi connectivity index (χ2n) is 8.51. The summed E-state index contributed by atoms with van der Waals surface area (Å²) in [6.45, 7) is 4.78. The number of carbonyl (C=O) groups excluding carboxylic acids is 3. The van der Waals surface area contributed by atoms with Gasteiger partial charge in [0.05, 0.1) is 22.7 Å². The number of rotatable bonds is 8. The van der Waals surface area contributed by atoms with E-state index in [2.05, 4.69) is 11.6 Å². The summed E-state index contributed by atoms with van der Waals surface area (Å²) in [4.78, 5) is 56.8. The van der Waals surface area contributed by atoms with Gasteiger partial charge in [-0.15, -0.1) is 0 Å². The molecule has 0 fully saturated rings. The summed E-state index contributed by atoms with van der Waals surface area (Å²) in [5, 5.41) is 0.0990. The van der Waals surface area contributed by atoms with Crippen molar-refractivity contribution < 1.29 is 32.7 Å². The van der Waals surface area contributed by atoms with Crippen molar-refractivity contribution in [1.82, 2.24) is 4.98 Å². The van der Waals surface area contributed by atoms with Gasteiger partial charge in [0.25, 0.3) is 11.8 Å². The number of carbonyl (C=O) groups is 3. The van der Waals surface area contributed by atoms with Gasteiger partial charge in [0.2, 0.25) is 5.76 Å². The summed E-state index contributed by atoms with van der Waals surface area (Å²) in [6, 6.07) is 8.74. The summed E-state index contributed by atoms with van der Waals surface area (Å²) in [7, 11) is 0. The van der Waals surface area contributed by atoms with Gasteiger partial charge in [0, 0.05) is 0 Å². The molecule has 1 aliphatic rings. The molecule has 0 radical (unpaired) electrons. The summed E-state index contributed by atoms with van der Waals surface area (Å²) in [5.74, 6) is -2.48. The van der Waals surface area contributed by atoms with Gasteiger partial charge in [-0.2, -0.15) is 0 Å². The smallest absolute Gasteiger partial charge is 0.350 e. The number of hydrogen-bond donors (Lipinski definition) is 1. The van der Waals surface area contributed by atoms with Crippen LogP contribution < -0.4 is 20.8 Å². The van der Waals surface area contributed by atoms with E-state index in [1.54, 1.807) is 31.2 Å². The van der Waals surface area contributed by atoms with Crippen molar-refractivity contribution in [3.63, 3.8) is 0 Å². The van der Waals surface area contributed by atoms with E-state index in [0.29, 0.717) is 17.0 Å². The fourth-order valence-electron chi connectivity index (χ4n) is 4.23. The lowest BCUT2D eigenvalue weighted by Crippen LogP contribution is -2.29. The Balaban J connectivity index is 1.66. The van der Waals surface area contributed by atoms with Gasteiger partial charge in [-0.3, -0.25) is 19.3 Å². The number of amides is 2. The number of halogens is 1. The maximum atomic E-state index is 14.0. The Morgan fingerprint density at radius 2 is 1.97 bits per heavy atom. The van der Waals surface area contributed by atoms with Crippen LogP contribution in [0.1, 0.15) is 43.1 Å². The normalized spacial score (nSPS) is 14.4. The molecular formula is C27H20FN3O7S. The molecule has 2 aromatic heterocycles. The highest BCUT2D eigenvalue weighted by molar-refractivity contribution is 7.17. The minimum Gasteiger partial charge on any atom is -0.484 e. The van der Waals surface area contributed by atoms with E-state index in [4.69, 9.17) is 19.6 Å². The molecule has 3 heterocycles. The Kier molecular flexibility index (Phi) is 6.71. The number of esters is 1. The predicted molar refractivity (Wildman–Crippen MR) is 140 cm³/mol. The van der Waals surface area contributed by atoms with Crippen molar-refractivity contribution in [3.8, 4) is 5.75 Å². The summed E-state index contributed by atoms with van der Waals surface area (Å²) in [5.41, 5.74) is 5.39. The molecule has 0 spiro atoms. The highest BCUT2D eigenvalue weighted by Crippen LogP contribution is 2.43. The molecular weight excluding hydrogens is 529 g/mol. The second-order valence-corrected chi connectivity index (χ2v) is 9.49. The van der Waals surface area contributed by atoms with Crippen LogP contribution >= 0.6 is 11.3 Å². The number of primary amides is 1. The lowest BCUT2D eigenvalue weighted by atomic mass is 9.98. The minimum atomic E-state index is -1.02. The third-order valence-electron chi connectivity index (χ3n) is 5.92. The third kappa shape index (κ3) is 4.66. The molecule has 0 saturated heterocycles. The number of fused-ring (bicyclic) bond motifs is 2. The number of aryl methyl sites for hydroxylation is 1. The van der Waals surface area contributed by atoms with Gasteiger partial charge in [0.15, 0.2) is 17.2 Å². The fourth-order valence-corrected chi connectivity index (χ4v) is 5.22. The number of hydrogen-bond acceptors (Lipinski definition) is 9. The van der Waals surface area contributed by atoms with E-state index in [1.165, 1.54) is 17.0 Å². The topological polar surface area (TPSA) is 142 Å². The first kappa shape index (κ1) is 25.8. The maximum absolute atomic E-state index is 14.0. The fraction of sp³-hybridized carbons (Fsp3) is 0.148. The lowest BCUT2D eigenvalue weighted by Gasteiger charge is -2.22. The van der Waals surface area contributed by atoms with E-state index < -0.39 is 35.1 Å². The number of benzene rings is 2. The largest absolute Gasteiger partial charge is 0.484 e. The van der Waals surface area contributed by atoms with Gasteiger partial charge in [0.1, 0.15) is 28.6 Å². The number of nitrogens with two attached hydrogens (primary N) is 1. The van der Waals surface area contributed by atoms with E-state index in [-0.39, 0.29) is 45.5 Å². The Morgan fingerprint density at radius 1 is 1.23 bits per heavy atom. The van der Waals surface area contributed by atoms with E-state index in [9.17, 15) is 23.6 Å². The first-order valence-corrected chi connectivity index (χ1v) is 12.4. The average Bonchev–Trinajstić information content (AvgIpc) is 3.44. The van der Waals surface area contributed by atoms with E-state index in [1.807, 2.05) is 0 Å². The quantitative estimate of drug-likeness (QED) is 0.259. The zero-order valence-corrected chi connectivity index (χ0v) is 21.2. The SMILES string of the molecule is C=CCOC(=O)c1sc(N2C(=O)c3oc4ccc(F)cc4c(=O)c3C2c2ccc(OCC(N)=O)cc2)nc1C. The Hall–Kier alpha value is -4.84. The predicted octanol–water partition coefficient (Wildman–Crippen LogP) is 3.65. The lowest BCUT2D eigenvalue weighted by molar-refractivity contribution is -0.119. The zero-order chi connectivity index (χ0) is 27.8. The van der Waals surface area contributed by atoms with Crippen molar-refractivity contribution in [3.05, 3.63) is 98.6 Å². The van der Waals surface area contributed by atoms with Gasteiger partial charge in [-0.25, -0.2) is 14.2 Å². The van der Waals surface area contributed by atoms with Crippen molar-refractivity contribution in [2.75, 3.05) is 18.1 Å². The van der Waals surface area contributed by atoms with Crippen LogP contribution in [0.3, 0.4) is 0 Å². The summed E-state index contributed by atoms with van der Waals surface area (Å²) in [6.07, 6.45) is 1.42. The number of ether oxygens (including phenoxy) is 2. The van der Waals surface area contributed by atoms with Crippen LogP contribution in [-0.4, -0.2) is 36.0 Å². The van der Waals surface area contributed by atoms with E-state index >= 15 is 0 Å². The van der Waals surface area contributed by atoms with Gasteiger partial charge in [-0.05, 0) is 42.8 Å². The third-order valence-corrected chi connectivity index (χ3v) is 7.05. The molecule has 5 rings (SSSR count). The van der Waals surface area contributed by atoms with Crippen LogP contribution in [0.15, 0.2) is 64.3 Å².